The van der Waals surface area contributed by atoms with Gasteiger partial charge in [0.25, 0.3) is 0 Å². The van der Waals surface area contributed by atoms with E-state index in [4.69, 9.17) is 4.74 Å². The van der Waals surface area contributed by atoms with E-state index in [1.54, 1.807) is 0 Å². The maximum absolute atomic E-state index is 12.1. The normalized spacial score (nSPS) is 28.4. The summed E-state index contributed by atoms with van der Waals surface area (Å²) in [5, 5.41) is 8.75. The third kappa shape index (κ3) is 3.64. The molecule has 0 unspecified atom stereocenters. The van der Waals surface area contributed by atoms with Crippen LogP contribution in [-0.2, 0) is 16.0 Å². The zero-order valence-corrected chi connectivity index (χ0v) is 13.2. The van der Waals surface area contributed by atoms with Crippen molar-refractivity contribution in [2.24, 2.45) is 5.92 Å². The number of hydrogen-bond donors (Lipinski definition) is 3. The fourth-order valence-electron chi connectivity index (χ4n) is 3.48. The molecule has 1 aromatic carbocycles. The quantitative estimate of drug-likeness (QED) is 0.752. The number of carbonyl (C=O) groups is 2. The molecular weight excluding hydrogens is 294 g/mol. The summed E-state index contributed by atoms with van der Waals surface area (Å²) in [4.78, 5) is 23.4. The monoisotopic (exact) mass is 317 g/mol. The van der Waals surface area contributed by atoms with Crippen molar-refractivity contribution in [1.82, 2.24) is 16.0 Å². The lowest BCUT2D eigenvalue weighted by atomic mass is 9.71. The molecule has 3 rings (SSSR count). The molecule has 1 aliphatic carbocycles. The maximum atomic E-state index is 12.1. The number of nitrogens with one attached hydrogen (secondary N) is 3. The number of fused-ring (bicyclic) bond motifs is 1. The Bertz CT molecular complexity index is 563. The van der Waals surface area contributed by atoms with Gasteiger partial charge in [-0.3, -0.25) is 4.79 Å². The topological polar surface area (TPSA) is 79.5 Å². The molecule has 0 spiro atoms. The Morgan fingerprint density at radius 2 is 1.96 bits per heavy atom. The zero-order chi connectivity index (χ0) is 16.2. The van der Waals surface area contributed by atoms with Crippen molar-refractivity contribution in [2.75, 3.05) is 13.2 Å². The first kappa shape index (κ1) is 15.8. The predicted molar refractivity (Wildman–Crippen MR) is 85.9 cm³/mol. The first-order valence-corrected chi connectivity index (χ1v) is 8.12. The molecule has 0 aromatic heterocycles. The lowest BCUT2D eigenvalue weighted by molar-refractivity contribution is -0.123. The Balaban J connectivity index is 1.46. The van der Waals surface area contributed by atoms with E-state index in [9.17, 15) is 9.59 Å². The van der Waals surface area contributed by atoms with Crippen molar-refractivity contribution in [3.8, 4) is 0 Å². The van der Waals surface area contributed by atoms with Crippen LogP contribution < -0.4 is 16.0 Å². The fraction of sp³-hybridized carbons (Fsp3) is 0.529. The van der Waals surface area contributed by atoms with Crippen molar-refractivity contribution in [1.29, 1.82) is 0 Å². The van der Waals surface area contributed by atoms with Gasteiger partial charge in [0, 0.05) is 26.0 Å². The Morgan fingerprint density at radius 3 is 2.70 bits per heavy atom. The highest BCUT2D eigenvalue weighted by molar-refractivity contribution is 5.76. The number of carbonyl (C=O) groups excluding carboxylic acids is 2. The second kappa shape index (κ2) is 7.00. The Hall–Kier alpha value is -2.08. The Labute approximate surface area is 136 Å². The van der Waals surface area contributed by atoms with Gasteiger partial charge in [-0.15, -0.1) is 0 Å². The van der Waals surface area contributed by atoms with Crippen LogP contribution in [0.15, 0.2) is 30.3 Å². The van der Waals surface area contributed by atoms with Gasteiger partial charge in [0.15, 0.2) is 0 Å². The van der Waals surface area contributed by atoms with Gasteiger partial charge in [0.2, 0.25) is 5.91 Å². The van der Waals surface area contributed by atoms with Crippen LogP contribution in [0.1, 0.15) is 18.9 Å². The second-order valence-corrected chi connectivity index (χ2v) is 6.18. The molecule has 1 aromatic rings. The van der Waals surface area contributed by atoms with Crippen LogP contribution in [-0.4, -0.2) is 43.3 Å². The molecule has 1 aliphatic heterocycles. The van der Waals surface area contributed by atoms with Crippen LogP contribution in [0.3, 0.4) is 0 Å². The SMILES string of the molecule is CC(=O)N[C@H]1[C@H](NC(=O)NCCc2ccccc2)[C@@H]2CCO[C@@H]21. The van der Waals surface area contributed by atoms with Crippen LogP contribution >= 0.6 is 0 Å². The second-order valence-electron chi connectivity index (χ2n) is 6.18. The average Bonchev–Trinajstić information content (AvgIpc) is 2.96. The molecule has 3 N–H and O–H groups in total. The van der Waals surface area contributed by atoms with Crippen LogP contribution in [0.4, 0.5) is 4.79 Å². The van der Waals surface area contributed by atoms with E-state index in [0.717, 1.165) is 12.8 Å². The van der Waals surface area contributed by atoms with Crippen LogP contribution in [0.5, 0.6) is 0 Å². The molecule has 2 aliphatic rings. The number of urea groups is 1. The zero-order valence-electron chi connectivity index (χ0n) is 13.2. The molecule has 124 valence electrons. The van der Waals surface area contributed by atoms with Gasteiger partial charge < -0.3 is 20.7 Å². The van der Waals surface area contributed by atoms with Crippen LogP contribution in [0, 0.1) is 5.92 Å². The highest BCUT2D eigenvalue weighted by Gasteiger charge is 2.54. The van der Waals surface area contributed by atoms with E-state index in [1.807, 2.05) is 30.3 Å². The van der Waals surface area contributed by atoms with Gasteiger partial charge in [-0.1, -0.05) is 30.3 Å². The molecule has 1 saturated heterocycles. The first-order chi connectivity index (χ1) is 11.1. The molecule has 3 amide bonds. The summed E-state index contributed by atoms with van der Waals surface area (Å²) in [5.41, 5.74) is 1.19. The average molecular weight is 317 g/mol. The summed E-state index contributed by atoms with van der Waals surface area (Å²) >= 11 is 0. The predicted octanol–water partition coefficient (Wildman–Crippen LogP) is 0.820. The molecule has 0 radical (unpaired) electrons. The molecule has 4 atom stereocenters. The van der Waals surface area contributed by atoms with Crippen molar-refractivity contribution in [3.05, 3.63) is 35.9 Å². The highest BCUT2D eigenvalue weighted by Crippen LogP contribution is 2.39. The number of amides is 3. The molecule has 0 bridgehead atoms. The third-order valence-corrected chi connectivity index (χ3v) is 4.60. The minimum absolute atomic E-state index is 0.0357. The summed E-state index contributed by atoms with van der Waals surface area (Å²) in [6, 6.07) is 9.67. The molecule has 1 heterocycles. The Morgan fingerprint density at radius 1 is 1.17 bits per heavy atom. The standard InChI is InChI=1S/C17H23N3O3/c1-11(21)19-15-14(13-8-10-23-16(13)15)20-17(22)18-9-7-12-5-3-2-4-6-12/h2-6,13-16H,7-10H2,1H3,(H,19,21)(H2,18,20,22)/t13-,14+,15-,16-/m0/s1. The third-order valence-electron chi connectivity index (χ3n) is 4.60. The smallest absolute Gasteiger partial charge is 0.315 e. The van der Waals surface area contributed by atoms with Gasteiger partial charge in [0.05, 0.1) is 18.2 Å². The molecule has 6 nitrogen and oxygen atoms in total. The minimum Gasteiger partial charge on any atom is -0.376 e. The van der Waals surface area contributed by atoms with Gasteiger partial charge in [0.1, 0.15) is 0 Å². The summed E-state index contributed by atoms with van der Waals surface area (Å²) in [5.74, 6) is 0.201. The van der Waals surface area contributed by atoms with E-state index in [0.29, 0.717) is 19.1 Å². The molecule has 1 saturated carbocycles. The van der Waals surface area contributed by atoms with Gasteiger partial charge >= 0.3 is 6.03 Å². The maximum Gasteiger partial charge on any atom is 0.315 e. The van der Waals surface area contributed by atoms with E-state index in [1.165, 1.54) is 12.5 Å². The van der Waals surface area contributed by atoms with E-state index in [2.05, 4.69) is 16.0 Å². The molecule has 23 heavy (non-hydrogen) atoms. The van der Waals surface area contributed by atoms with Gasteiger partial charge in [-0.25, -0.2) is 4.79 Å². The molecule has 6 heteroatoms. The molecule has 2 fully saturated rings. The summed E-state index contributed by atoms with van der Waals surface area (Å²) in [6.45, 7) is 2.76. The molecular formula is C17H23N3O3. The lowest BCUT2D eigenvalue weighted by Gasteiger charge is -2.47. The van der Waals surface area contributed by atoms with Crippen molar-refractivity contribution in [2.45, 2.75) is 38.0 Å². The number of ether oxygens (including phenoxy) is 1. The van der Waals surface area contributed by atoms with Gasteiger partial charge in [-0.2, -0.15) is 0 Å². The van der Waals surface area contributed by atoms with E-state index in [-0.39, 0.29) is 30.1 Å². The van der Waals surface area contributed by atoms with Crippen LogP contribution in [0.25, 0.3) is 0 Å². The summed E-state index contributed by atoms with van der Waals surface area (Å²) < 4.78 is 5.63. The Kier molecular flexibility index (Phi) is 4.81. The number of benzene rings is 1. The van der Waals surface area contributed by atoms with E-state index < -0.39 is 0 Å². The summed E-state index contributed by atoms with van der Waals surface area (Å²) in [6.07, 6.45) is 1.76. The van der Waals surface area contributed by atoms with Crippen molar-refractivity contribution in [3.63, 3.8) is 0 Å². The van der Waals surface area contributed by atoms with Crippen LogP contribution in [0.2, 0.25) is 0 Å². The lowest BCUT2D eigenvalue weighted by Crippen LogP contribution is -2.71. The largest absolute Gasteiger partial charge is 0.376 e. The summed E-state index contributed by atoms with van der Waals surface area (Å²) in [7, 11) is 0. The van der Waals surface area contributed by atoms with Crippen molar-refractivity contribution >= 4 is 11.9 Å². The van der Waals surface area contributed by atoms with Gasteiger partial charge in [-0.05, 0) is 18.4 Å². The highest BCUT2D eigenvalue weighted by atomic mass is 16.5. The number of rotatable bonds is 5. The first-order valence-electron chi connectivity index (χ1n) is 8.12. The van der Waals surface area contributed by atoms with E-state index >= 15 is 0 Å². The minimum atomic E-state index is -0.188. The number of hydrogen-bond acceptors (Lipinski definition) is 3. The fourth-order valence-corrected chi connectivity index (χ4v) is 3.48. The van der Waals surface area contributed by atoms with Crippen molar-refractivity contribution < 1.29 is 14.3 Å².